The van der Waals surface area contributed by atoms with E-state index in [2.05, 4.69) is 28.5 Å². The molecule has 35 heavy (non-hydrogen) atoms. The molecule has 1 atom stereocenters. The molecule has 3 amide bonds. The summed E-state index contributed by atoms with van der Waals surface area (Å²) in [6.45, 7) is 5.14. The number of rotatable bonds is 9. The Morgan fingerprint density at radius 3 is 2.51 bits per heavy atom. The number of anilines is 2. The van der Waals surface area contributed by atoms with Crippen LogP contribution in [0.3, 0.4) is 0 Å². The van der Waals surface area contributed by atoms with Crippen molar-refractivity contribution in [2.75, 3.05) is 36.4 Å². The number of furan rings is 1. The molecule has 2 N–H and O–H groups in total. The van der Waals surface area contributed by atoms with Crippen molar-refractivity contribution in [2.24, 2.45) is 5.92 Å². The lowest BCUT2D eigenvalue weighted by Gasteiger charge is -2.31. The molecule has 0 saturated carbocycles. The first-order valence-corrected chi connectivity index (χ1v) is 12.8. The normalized spacial score (nSPS) is 17.3. The molecule has 1 unspecified atom stereocenters. The van der Waals surface area contributed by atoms with Crippen LogP contribution in [-0.4, -0.2) is 54.8 Å². The van der Waals surface area contributed by atoms with Gasteiger partial charge in [0.15, 0.2) is 5.76 Å². The summed E-state index contributed by atoms with van der Waals surface area (Å²) in [7, 11) is 0. The quantitative estimate of drug-likeness (QED) is 0.565. The molecular formula is C27H36N4O4. The number of benzene rings is 1. The predicted octanol–water partition coefficient (Wildman–Crippen LogP) is 4.05. The van der Waals surface area contributed by atoms with Gasteiger partial charge in [-0.05, 0) is 62.4 Å². The van der Waals surface area contributed by atoms with Crippen LogP contribution in [0.15, 0.2) is 47.1 Å². The Balaban J connectivity index is 1.32. The minimum Gasteiger partial charge on any atom is -0.459 e. The molecular weight excluding hydrogens is 444 g/mol. The minimum absolute atomic E-state index is 0.114. The van der Waals surface area contributed by atoms with Crippen LogP contribution in [-0.2, 0) is 9.59 Å². The van der Waals surface area contributed by atoms with E-state index in [1.54, 1.807) is 17.0 Å². The van der Waals surface area contributed by atoms with Gasteiger partial charge in [-0.1, -0.05) is 25.8 Å². The molecule has 8 heteroatoms. The van der Waals surface area contributed by atoms with Crippen molar-refractivity contribution < 1.29 is 18.8 Å². The molecule has 2 fully saturated rings. The van der Waals surface area contributed by atoms with Crippen LogP contribution in [0.25, 0.3) is 0 Å². The van der Waals surface area contributed by atoms with Gasteiger partial charge in [0.05, 0.1) is 6.26 Å². The molecule has 8 nitrogen and oxygen atoms in total. The van der Waals surface area contributed by atoms with E-state index in [4.69, 9.17) is 4.42 Å². The van der Waals surface area contributed by atoms with Crippen LogP contribution in [0, 0.1) is 5.92 Å². The van der Waals surface area contributed by atoms with Gasteiger partial charge in [-0.25, -0.2) is 0 Å². The number of likely N-dealkylation sites (tertiary alicyclic amines) is 1. The van der Waals surface area contributed by atoms with Crippen LogP contribution in [0.4, 0.5) is 11.4 Å². The number of nitrogens with zero attached hydrogens (tertiary/aromatic N) is 2. The van der Waals surface area contributed by atoms with Crippen molar-refractivity contribution in [2.45, 2.75) is 57.9 Å². The lowest BCUT2D eigenvalue weighted by Crippen LogP contribution is -2.48. The minimum atomic E-state index is -0.583. The van der Waals surface area contributed by atoms with E-state index >= 15 is 0 Å². The number of carbonyl (C=O) groups is 3. The smallest absolute Gasteiger partial charge is 0.289 e. The first-order valence-electron chi connectivity index (χ1n) is 12.8. The second-order valence-corrected chi connectivity index (χ2v) is 9.48. The van der Waals surface area contributed by atoms with Crippen LogP contribution < -0.4 is 15.5 Å². The maximum atomic E-state index is 13.1. The Labute approximate surface area is 207 Å². The van der Waals surface area contributed by atoms with E-state index in [9.17, 15) is 14.4 Å². The van der Waals surface area contributed by atoms with Crippen LogP contribution in [0.5, 0.6) is 0 Å². The molecule has 2 aliphatic heterocycles. The lowest BCUT2D eigenvalue weighted by atomic mass is 9.95. The van der Waals surface area contributed by atoms with Gasteiger partial charge >= 0.3 is 0 Å². The molecule has 2 aromatic rings. The fourth-order valence-electron chi connectivity index (χ4n) is 4.85. The van der Waals surface area contributed by atoms with Gasteiger partial charge in [0.2, 0.25) is 11.8 Å². The van der Waals surface area contributed by atoms with E-state index in [1.165, 1.54) is 19.1 Å². The van der Waals surface area contributed by atoms with Gasteiger partial charge in [-0.15, -0.1) is 0 Å². The number of amides is 3. The average molecular weight is 481 g/mol. The summed E-state index contributed by atoms with van der Waals surface area (Å²) in [6, 6.07) is 10.7. The van der Waals surface area contributed by atoms with Gasteiger partial charge < -0.3 is 24.9 Å². The SMILES string of the molecule is CCCCC(NC(=O)C1CCN(C(=O)c2ccco2)CC1)C(=O)Nc1cccc(N2CCCC2)c1. The molecule has 0 aliphatic carbocycles. The maximum absolute atomic E-state index is 13.1. The van der Waals surface area contributed by atoms with Crippen molar-refractivity contribution in [3.63, 3.8) is 0 Å². The molecule has 0 radical (unpaired) electrons. The summed E-state index contributed by atoms with van der Waals surface area (Å²) >= 11 is 0. The van der Waals surface area contributed by atoms with Gasteiger partial charge in [0, 0.05) is 43.5 Å². The van der Waals surface area contributed by atoms with Crippen molar-refractivity contribution in [1.82, 2.24) is 10.2 Å². The first kappa shape index (κ1) is 24.8. The summed E-state index contributed by atoms with van der Waals surface area (Å²) in [5.74, 6) is -0.345. The van der Waals surface area contributed by atoms with Crippen molar-refractivity contribution >= 4 is 29.1 Å². The summed E-state index contributed by atoms with van der Waals surface area (Å²) in [5.41, 5.74) is 1.87. The molecule has 2 aliphatic rings. The molecule has 3 heterocycles. The van der Waals surface area contributed by atoms with Gasteiger partial charge in [-0.3, -0.25) is 14.4 Å². The Morgan fingerprint density at radius 2 is 1.83 bits per heavy atom. The van der Waals surface area contributed by atoms with Gasteiger partial charge in [0.1, 0.15) is 6.04 Å². The average Bonchev–Trinajstić information content (AvgIpc) is 3.61. The summed E-state index contributed by atoms with van der Waals surface area (Å²) < 4.78 is 5.21. The third kappa shape index (κ3) is 6.44. The second-order valence-electron chi connectivity index (χ2n) is 9.48. The van der Waals surface area contributed by atoms with Gasteiger partial charge in [-0.2, -0.15) is 0 Å². The third-order valence-corrected chi connectivity index (χ3v) is 6.95. The number of unbranched alkanes of at least 4 members (excludes halogenated alkanes) is 1. The van der Waals surface area contributed by atoms with Crippen molar-refractivity contribution in [3.05, 3.63) is 48.4 Å². The zero-order valence-corrected chi connectivity index (χ0v) is 20.5. The fourth-order valence-corrected chi connectivity index (χ4v) is 4.85. The summed E-state index contributed by atoms with van der Waals surface area (Å²) in [6.07, 6.45) is 7.39. The fraction of sp³-hybridized carbons (Fsp3) is 0.519. The zero-order chi connectivity index (χ0) is 24.6. The van der Waals surface area contributed by atoms with E-state index in [0.29, 0.717) is 38.1 Å². The van der Waals surface area contributed by atoms with Crippen LogP contribution in [0.2, 0.25) is 0 Å². The number of nitrogens with one attached hydrogen (secondary N) is 2. The molecule has 0 bridgehead atoms. The van der Waals surface area contributed by atoms with Crippen molar-refractivity contribution in [3.8, 4) is 0 Å². The lowest BCUT2D eigenvalue weighted by molar-refractivity contribution is -0.130. The second kappa shape index (κ2) is 11.9. The largest absolute Gasteiger partial charge is 0.459 e. The van der Waals surface area contributed by atoms with Crippen molar-refractivity contribution in [1.29, 1.82) is 0 Å². The Bertz CT molecular complexity index is 992. The summed E-state index contributed by atoms with van der Waals surface area (Å²) in [5, 5.41) is 6.02. The highest BCUT2D eigenvalue weighted by molar-refractivity contribution is 5.98. The van der Waals surface area contributed by atoms with E-state index < -0.39 is 6.04 Å². The number of hydrogen-bond donors (Lipinski definition) is 2. The zero-order valence-electron chi connectivity index (χ0n) is 20.5. The highest BCUT2D eigenvalue weighted by Crippen LogP contribution is 2.24. The highest BCUT2D eigenvalue weighted by Gasteiger charge is 2.31. The molecule has 2 saturated heterocycles. The summed E-state index contributed by atoms with van der Waals surface area (Å²) in [4.78, 5) is 42.7. The Morgan fingerprint density at radius 1 is 1.06 bits per heavy atom. The molecule has 0 spiro atoms. The van der Waals surface area contributed by atoms with E-state index in [0.717, 1.165) is 37.3 Å². The molecule has 188 valence electrons. The predicted molar refractivity (Wildman–Crippen MR) is 135 cm³/mol. The Kier molecular flexibility index (Phi) is 8.45. The maximum Gasteiger partial charge on any atom is 0.289 e. The van der Waals surface area contributed by atoms with Crippen LogP contribution in [0.1, 0.15) is 62.4 Å². The third-order valence-electron chi connectivity index (χ3n) is 6.95. The first-order chi connectivity index (χ1) is 17.0. The highest BCUT2D eigenvalue weighted by atomic mass is 16.3. The number of hydrogen-bond acceptors (Lipinski definition) is 5. The molecule has 1 aromatic heterocycles. The van der Waals surface area contributed by atoms with Crippen LogP contribution >= 0.6 is 0 Å². The van der Waals surface area contributed by atoms with Gasteiger partial charge in [0.25, 0.3) is 5.91 Å². The molecule has 4 rings (SSSR count). The monoisotopic (exact) mass is 480 g/mol. The standard InChI is InChI=1S/C27H36N4O4/c1-2-3-10-23(26(33)28-21-8-6-9-22(19-21)30-14-4-5-15-30)29-25(32)20-12-16-31(17-13-20)27(34)24-11-7-18-35-24/h6-9,11,18-20,23H,2-5,10,12-17H2,1H3,(H,28,33)(H,29,32). The van der Waals surface area contributed by atoms with E-state index in [1.807, 2.05) is 18.2 Å². The Hall–Kier alpha value is -3.29. The topological polar surface area (TPSA) is 94.9 Å². The molecule has 1 aromatic carbocycles. The van der Waals surface area contributed by atoms with E-state index in [-0.39, 0.29) is 23.6 Å². The number of carbonyl (C=O) groups excluding carboxylic acids is 3. The number of piperidine rings is 1.